The van der Waals surface area contributed by atoms with E-state index in [2.05, 4.69) is 4.98 Å². The van der Waals surface area contributed by atoms with E-state index in [1.807, 2.05) is 79.7 Å². The Labute approximate surface area is 217 Å². The predicted molar refractivity (Wildman–Crippen MR) is 143 cm³/mol. The van der Waals surface area contributed by atoms with Crippen LogP contribution >= 0.6 is 11.3 Å². The van der Waals surface area contributed by atoms with Crippen LogP contribution in [0.3, 0.4) is 0 Å². The van der Waals surface area contributed by atoms with Crippen LogP contribution in [-0.4, -0.2) is 28.7 Å². The highest BCUT2D eigenvalue weighted by Gasteiger charge is 2.35. The molecule has 0 aliphatic carbocycles. The van der Waals surface area contributed by atoms with E-state index in [0.717, 1.165) is 16.7 Å². The highest BCUT2D eigenvalue weighted by molar-refractivity contribution is 7.07. The van der Waals surface area contributed by atoms with Crippen molar-refractivity contribution < 1.29 is 14.3 Å². The monoisotopic (exact) mass is 511 g/mol. The molecule has 37 heavy (non-hydrogen) atoms. The zero-order valence-corrected chi connectivity index (χ0v) is 21.3. The van der Waals surface area contributed by atoms with Gasteiger partial charge in [-0.15, -0.1) is 0 Å². The topological polar surface area (TPSA) is 82.8 Å². The van der Waals surface area contributed by atoms with Gasteiger partial charge in [-0.05, 0) is 55.3 Å². The summed E-state index contributed by atoms with van der Waals surface area (Å²) in [6, 6.07) is 19.9. The van der Waals surface area contributed by atoms with Crippen molar-refractivity contribution in [2.75, 3.05) is 13.2 Å². The highest BCUT2D eigenvalue weighted by atomic mass is 32.1. The summed E-state index contributed by atoms with van der Waals surface area (Å²) in [5.74, 6) is 0.202. The van der Waals surface area contributed by atoms with Gasteiger partial charge in [0, 0.05) is 18.0 Å². The minimum Gasteiger partial charge on any atom is -0.494 e. The smallest absolute Gasteiger partial charge is 0.338 e. The van der Waals surface area contributed by atoms with Gasteiger partial charge in [0.1, 0.15) is 5.75 Å². The number of aromatic nitrogens is 2. The number of ether oxygens (including phenoxy) is 2. The van der Waals surface area contributed by atoms with Crippen molar-refractivity contribution in [1.82, 2.24) is 9.55 Å². The van der Waals surface area contributed by atoms with Crippen molar-refractivity contribution in [1.29, 1.82) is 0 Å². The Bertz CT molecular complexity index is 1620. The van der Waals surface area contributed by atoms with E-state index in [4.69, 9.17) is 14.5 Å². The van der Waals surface area contributed by atoms with Gasteiger partial charge in [0.25, 0.3) is 5.56 Å². The fourth-order valence-electron chi connectivity index (χ4n) is 4.28. The second kappa shape index (κ2) is 10.8. The van der Waals surface area contributed by atoms with Crippen molar-refractivity contribution in [3.63, 3.8) is 0 Å². The maximum Gasteiger partial charge on any atom is 0.338 e. The average Bonchev–Trinajstić information content (AvgIpc) is 3.24. The van der Waals surface area contributed by atoms with Gasteiger partial charge in [-0.25, -0.2) is 9.79 Å². The number of esters is 1. The average molecular weight is 512 g/mol. The number of carbonyl (C=O) groups excluding carboxylic acids is 1. The fraction of sp³-hybridized carbons (Fsp3) is 0.172. The standard InChI is InChI=1S/C29H25N3O4S/c1-3-35-22-12-10-21(11-13-22)26-24(28(34)36-4-2)25(20-8-6-5-7-9-20)31-29-32(26)27(33)23(37-29)18-19-14-16-30-17-15-19/h5-18,26H,3-4H2,1-2H3. The number of carbonyl (C=O) groups is 1. The molecule has 1 atom stereocenters. The van der Waals surface area contributed by atoms with Gasteiger partial charge in [-0.3, -0.25) is 14.3 Å². The molecular formula is C29H25N3O4S. The Kier molecular flexibility index (Phi) is 7.09. The van der Waals surface area contributed by atoms with Gasteiger partial charge < -0.3 is 9.47 Å². The van der Waals surface area contributed by atoms with Crippen molar-refractivity contribution >= 4 is 29.1 Å². The lowest BCUT2D eigenvalue weighted by Crippen LogP contribution is -2.40. The highest BCUT2D eigenvalue weighted by Crippen LogP contribution is 2.35. The van der Waals surface area contributed by atoms with Crippen LogP contribution in [0, 0.1) is 0 Å². The zero-order chi connectivity index (χ0) is 25.8. The van der Waals surface area contributed by atoms with Gasteiger partial charge in [-0.2, -0.15) is 0 Å². The van der Waals surface area contributed by atoms with E-state index in [-0.39, 0.29) is 12.2 Å². The third kappa shape index (κ3) is 4.88. The van der Waals surface area contributed by atoms with Gasteiger partial charge in [-0.1, -0.05) is 53.8 Å². The molecule has 0 bridgehead atoms. The summed E-state index contributed by atoms with van der Waals surface area (Å²) in [5, 5.41) is 0. The second-order valence-corrected chi connectivity index (χ2v) is 9.22. The molecule has 4 aromatic rings. The Morgan fingerprint density at radius 1 is 1.00 bits per heavy atom. The Morgan fingerprint density at radius 3 is 2.41 bits per heavy atom. The third-order valence-electron chi connectivity index (χ3n) is 5.88. The maximum absolute atomic E-state index is 13.8. The normalized spacial score (nSPS) is 15.2. The number of fused-ring (bicyclic) bond motifs is 1. The molecule has 1 unspecified atom stereocenters. The lowest BCUT2D eigenvalue weighted by Gasteiger charge is -2.26. The summed E-state index contributed by atoms with van der Waals surface area (Å²) in [4.78, 5) is 36.7. The molecule has 0 spiro atoms. The quantitative estimate of drug-likeness (QED) is 0.353. The van der Waals surface area contributed by atoms with E-state index >= 15 is 0 Å². The third-order valence-corrected chi connectivity index (χ3v) is 6.87. The largest absolute Gasteiger partial charge is 0.494 e. The Hall–Kier alpha value is -4.30. The summed E-state index contributed by atoms with van der Waals surface area (Å²) >= 11 is 1.29. The predicted octanol–water partition coefficient (Wildman–Crippen LogP) is 3.73. The molecule has 3 heterocycles. The molecule has 0 saturated carbocycles. The number of hydrogen-bond donors (Lipinski definition) is 0. The lowest BCUT2D eigenvalue weighted by atomic mass is 9.93. The molecule has 0 fully saturated rings. The maximum atomic E-state index is 13.8. The first-order chi connectivity index (χ1) is 18.1. The van der Waals surface area contributed by atoms with Crippen molar-refractivity contribution in [3.8, 4) is 5.75 Å². The number of rotatable bonds is 7. The van der Waals surface area contributed by atoms with Crippen LogP contribution in [-0.2, 0) is 9.53 Å². The van der Waals surface area contributed by atoms with Crippen LogP contribution in [0.25, 0.3) is 11.8 Å². The van der Waals surface area contributed by atoms with Crippen LogP contribution in [0.2, 0.25) is 0 Å². The van der Waals surface area contributed by atoms with Gasteiger partial charge in [0.2, 0.25) is 0 Å². The summed E-state index contributed by atoms with van der Waals surface area (Å²) in [7, 11) is 0. The SMILES string of the molecule is CCOC(=O)C1=C(c2ccccc2)N=c2sc(=Cc3ccncc3)c(=O)n2C1c1ccc(OCC)cc1. The molecular weight excluding hydrogens is 486 g/mol. The first-order valence-corrected chi connectivity index (χ1v) is 12.8. The molecule has 186 valence electrons. The molecule has 1 aliphatic rings. The van der Waals surface area contributed by atoms with E-state index in [1.165, 1.54) is 11.3 Å². The molecule has 8 heteroatoms. The van der Waals surface area contributed by atoms with Gasteiger partial charge in [0.05, 0.1) is 35.1 Å². The van der Waals surface area contributed by atoms with Crippen LogP contribution < -0.4 is 19.6 Å². The second-order valence-electron chi connectivity index (χ2n) is 8.21. The number of benzene rings is 2. The summed E-state index contributed by atoms with van der Waals surface area (Å²) < 4.78 is 13.2. The van der Waals surface area contributed by atoms with Crippen LogP contribution in [0.5, 0.6) is 5.75 Å². The zero-order valence-electron chi connectivity index (χ0n) is 20.5. The van der Waals surface area contributed by atoms with Crippen molar-refractivity contribution in [3.05, 3.63) is 121 Å². The molecule has 5 rings (SSSR count). The number of thiazole rings is 1. The molecule has 0 saturated heterocycles. The molecule has 2 aromatic heterocycles. The molecule has 2 aromatic carbocycles. The molecule has 0 radical (unpaired) electrons. The fourth-order valence-corrected chi connectivity index (χ4v) is 5.28. The van der Waals surface area contributed by atoms with Crippen LogP contribution in [0.15, 0.2) is 94.5 Å². The minimum absolute atomic E-state index is 0.201. The molecule has 7 nitrogen and oxygen atoms in total. The number of hydrogen-bond acceptors (Lipinski definition) is 7. The van der Waals surface area contributed by atoms with E-state index in [0.29, 0.717) is 33.0 Å². The number of pyridine rings is 1. The van der Waals surface area contributed by atoms with Crippen molar-refractivity contribution in [2.45, 2.75) is 19.9 Å². The van der Waals surface area contributed by atoms with Crippen molar-refractivity contribution in [2.24, 2.45) is 4.99 Å². The molecule has 0 N–H and O–H groups in total. The molecule has 1 aliphatic heterocycles. The Balaban J connectivity index is 1.80. The summed E-state index contributed by atoms with van der Waals surface area (Å²) in [5.41, 5.74) is 2.97. The van der Waals surface area contributed by atoms with E-state index < -0.39 is 12.0 Å². The lowest BCUT2D eigenvalue weighted by molar-refractivity contribution is -0.138. The van der Waals surface area contributed by atoms with Gasteiger partial charge >= 0.3 is 5.97 Å². The molecule has 0 amide bonds. The Morgan fingerprint density at radius 2 is 1.73 bits per heavy atom. The minimum atomic E-state index is -0.722. The first kappa shape index (κ1) is 24.4. The van der Waals surface area contributed by atoms with E-state index in [1.54, 1.807) is 23.9 Å². The van der Waals surface area contributed by atoms with Crippen LogP contribution in [0.4, 0.5) is 0 Å². The summed E-state index contributed by atoms with van der Waals surface area (Å²) in [6.45, 7) is 4.42. The summed E-state index contributed by atoms with van der Waals surface area (Å²) in [6.07, 6.45) is 5.17. The first-order valence-electron chi connectivity index (χ1n) is 12.0. The number of nitrogens with zero attached hydrogens (tertiary/aromatic N) is 3. The van der Waals surface area contributed by atoms with Crippen LogP contribution in [0.1, 0.15) is 36.6 Å². The van der Waals surface area contributed by atoms with Gasteiger partial charge in [0.15, 0.2) is 4.80 Å². The van der Waals surface area contributed by atoms with E-state index in [9.17, 15) is 9.59 Å².